The van der Waals surface area contributed by atoms with E-state index in [0.717, 1.165) is 18.2 Å². The van der Waals surface area contributed by atoms with Crippen LogP contribution in [0.25, 0.3) is 11.5 Å². The van der Waals surface area contributed by atoms with Gasteiger partial charge in [0.25, 0.3) is 0 Å². The lowest BCUT2D eigenvalue weighted by atomic mass is 9.97. The predicted molar refractivity (Wildman–Crippen MR) is 147 cm³/mol. The number of aromatic nitrogens is 2. The standard InChI is InChI=1S/C28H25F2N5O5S/c1-14-33-23-24(38)18(13-21(37)27(23)41-14)31-7-3-9-35(2)10-4-8-32-19-12-20(36)22-26(25(19)39)40-28(34-22)16-11-15(29)5-6-17(16)30/h5-6,11H,3-4,7-10,12-13H2,1-2H3. The normalized spacial score (nSPS) is 17.2. The van der Waals surface area contributed by atoms with Crippen LogP contribution in [0, 0.1) is 18.6 Å². The summed E-state index contributed by atoms with van der Waals surface area (Å²) in [6.07, 6.45) is 1.04. The minimum atomic E-state index is -0.794. The molecule has 3 aromatic rings. The summed E-state index contributed by atoms with van der Waals surface area (Å²) >= 11 is 1.23. The number of rotatable bonds is 9. The molecule has 0 radical (unpaired) electrons. The van der Waals surface area contributed by atoms with Crippen LogP contribution in [0.4, 0.5) is 8.78 Å². The van der Waals surface area contributed by atoms with Gasteiger partial charge in [0.2, 0.25) is 23.2 Å². The summed E-state index contributed by atoms with van der Waals surface area (Å²) < 4.78 is 33.1. The van der Waals surface area contributed by atoms with Gasteiger partial charge in [-0.1, -0.05) is 0 Å². The van der Waals surface area contributed by atoms with Crippen molar-refractivity contribution in [3.8, 4) is 11.5 Å². The average Bonchev–Trinajstić information content (AvgIpc) is 3.56. The van der Waals surface area contributed by atoms with Gasteiger partial charge in [-0.15, -0.1) is 11.3 Å². The average molecular weight is 582 g/mol. The second-order valence-corrected chi connectivity index (χ2v) is 11.0. The van der Waals surface area contributed by atoms with Gasteiger partial charge in [-0.25, -0.2) is 18.7 Å². The molecule has 0 saturated carbocycles. The number of carbonyl (C=O) groups is 4. The van der Waals surface area contributed by atoms with Gasteiger partial charge in [-0.2, -0.15) is 0 Å². The van der Waals surface area contributed by atoms with Gasteiger partial charge in [0, 0.05) is 13.1 Å². The van der Waals surface area contributed by atoms with E-state index in [9.17, 15) is 28.0 Å². The van der Waals surface area contributed by atoms with Crippen LogP contribution in [0.1, 0.15) is 71.9 Å². The first-order valence-electron chi connectivity index (χ1n) is 13.0. The molecule has 1 aromatic carbocycles. The minimum absolute atomic E-state index is 0.00341. The fourth-order valence-corrected chi connectivity index (χ4v) is 5.44. The van der Waals surface area contributed by atoms with E-state index in [1.807, 2.05) is 7.05 Å². The van der Waals surface area contributed by atoms with Crippen LogP contribution in [0.2, 0.25) is 0 Å². The van der Waals surface area contributed by atoms with Crippen LogP contribution in [-0.4, -0.2) is 82.7 Å². The fourth-order valence-electron chi connectivity index (χ4n) is 4.58. The van der Waals surface area contributed by atoms with Gasteiger partial charge < -0.3 is 9.32 Å². The molecule has 0 unspecified atom stereocenters. The number of thiazole rings is 1. The molecule has 13 heteroatoms. The lowest BCUT2D eigenvalue weighted by Crippen LogP contribution is -2.27. The van der Waals surface area contributed by atoms with E-state index >= 15 is 0 Å². The van der Waals surface area contributed by atoms with Crippen LogP contribution >= 0.6 is 11.3 Å². The van der Waals surface area contributed by atoms with Crippen molar-refractivity contribution in [3.63, 3.8) is 0 Å². The summed E-state index contributed by atoms with van der Waals surface area (Å²) in [7, 11) is 1.92. The third-order valence-corrected chi connectivity index (χ3v) is 7.65. The Morgan fingerprint density at radius 2 is 1.59 bits per heavy atom. The van der Waals surface area contributed by atoms with Crippen LogP contribution in [-0.2, 0) is 0 Å². The number of halogens is 2. The summed E-state index contributed by atoms with van der Waals surface area (Å²) in [5.74, 6) is -3.65. The Balaban J connectivity index is 1.10. The second kappa shape index (κ2) is 11.8. The molecular weight excluding hydrogens is 556 g/mol. The zero-order chi connectivity index (χ0) is 29.3. The predicted octanol–water partition coefficient (Wildman–Crippen LogP) is 4.22. The zero-order valence-corrected chi connectivity index (χ0v) is 23.1. The highest BCUT2D eigenvalue weighted by molar-refractivity contribution is 7.14. The number of nitrogens with zero attached hydrogens (tertiary/aromatic N) is 5. The maximum absolute atomic E-state index is 14.1. The van der Waals surface area contributed by atoms with Crippen molar-refractivity contribution in [3.05, 3.63) is 56.9 Å². The summed E-state index contributed by atoms with van der Waals surface area (Å²) in [6.45, 7) is 3.80. The molecule has 2 heterocycles. The molecule has 2 aliphatic carbocycles. The topological polar surface area (TPSA) is 135 Å². The molecule has 0 N–H and O–H groups in total. The molecule has 2 aliphatic rings. The Labute approximate surface area is 237 Å². The van der Waals surface area contributed by atoms with Gasteiger partial charge in [-0.3, -0.25) is 29.2 Å². The summed E-state index contributed by atoms with van der Waals surface area (Å²) in [5, 5.41) is 0.679. The summed E-state index contributed by atoms with van der Waals surface area (Å²) in [4.78, 5) is 69.5. The summed E-state index contributed by atoms with van der Waals surface area (Å²) in [6, 6.07) is 2.73. The Morgan fingerprint density at radius 3 is 2.29 bits per heavy atom. The van der Waals surface area contributed by atoms with Crippen LogP contribution in [0.5, 0.6) is 0 Å². The number of ketones is 4. The first kappa shape index (κ1) is 28.4. The molecule has 5 rings (SSSR count). The van der Waals surface area contributed by atoms with Crippen molar-refractivity contribution in [2.45, 2.75) is 32.6 Å². The first-order chi connectivity index (χ1) is 19.6. The molecular formula is C28H25F2N5O5S. The molecule has 0 spiro atoms. The molecule has 0 aliphatic heterocycles. The molecule has 10 nitrogen and oxygen atoms in total. The van der Waals surface area contributed by atoms with Crippen molar-refractivity contribution in [2.75, 3.05) is 33.2 Å². The molecule has 0 atom stereocenters. The maximum atomic E-state index is 14.1. The van der Waals surface area contributed by atoms with Crippen LogP contribution < -0.4 is 0 Å². The number of carbonyl (C=O) groups excluding carboxylic acids is 4. The third-order valence-electron chi connectivity index (χ3n) is 6.64. The molecule has 0 bridgehead atoms. The third kappa shape index (κ3) is 6.00. The number of aliphatic imine (C=N–C) groups is 2. The van der Waals surface area contributed by atoms with E-state index in [-0.39, 0.29) is 64.4 Å². The van der Waals surface area contributed by atoms with Gasteiger partial charge in [0.05, 0.1) is 34.8 Å². The van der Waals surface area contributed by atoms with Crippen LogP contribution in [0.15, 0.2) is 32.6 Å². The molecule has 0 saturated heterocycles. The number of aryl methyl sites for hydroxylation is 1. The van der Waals surface area contributed by atoms with Crippen molar-refractivity contribution >= 4 is 45.9 Å². The number of oxazole rings is 1. The van der Waals surface area contributed by atoms with Crippen molar-refractivity contribution in [1.82, 2.24) is 14.9 Å². The number of fused-ring (bicyclic) bond motifs is 2. The smallest absolute Gasteiger partial charge is 0.244 e. The molecule has 0 fully saturated rings. The maximum Gasteiger partial charge on any atom is 0.244 e. The number of hydrogen-bond acceptors (Lipinski definition) is 11. The lowest BCUT2D eigenvalue weighted by molar-refractivity contribution is 0.0949. The highest BCUT2D eigenvalue weighted by Gasteiger charge is 2.36. The van der Waals surface area contributed by atoms with Gasteiger partial charge >= 0.3 is 0 Å². The van der Waals surface area contributed by atoms with E-state index in [2.05, 4.69) is 24.9 Å². The minimum Gasteiger partial charge on any atom is -0.432 e. The Kier molecular flexibility index (Phi) is 8.18. The number of benzene rings is 1. The van der Waals surface area contributed by atoms with E-state index in [1.54, 1.807) is 6.92 Å². The monoisotopic (exact) mass is 581 g/mol. The molecule has 41 heavy (non-hydrogen) atoms. The van der Waals surface area contributed by atoms with E-state index in [0.29, 0.717) is 48.9 Å². The number of hydrogen-bond donors (Lipinski definition) is 0. The van der Waals surface area contributed by atoms with E-state index in [4.69, 9.17) is 4.42 Å². The van der Waals surface area contributed by atoms with Crippen LogP contribution in [0.3, 0.4) is 0 Å². The van der Waals surface area contributed by atoms with Gasteiger partial charge in [0.1, 0.15) is 22.2 Å². The second-order valence-electron chi connectivity index (χ2n) is 9.76. The highest BCUT2D eigenvalue weighted by Crippen LogP contribution is 2.29. The van der Waals surface area contributed by atoms with Crippen molar-refractivity contribution in [1.29, 1.82) is 0 Å². The molecule has 0 amide bonds. The SMILES string of the molecule is Cc1nc2c(s1)C(=O)CC(=NCCCN(C)CCCN=C1CC(=O)c3nc(-c4cc(F)ccc4F)oc3C1=O)C2=O. The summed E-state index contributed by atoms with van der Waals surface area (Å²) in [5.41, 5.74) is 0.00209. The first-order valence-corrected chi connectivity index (χ1v) is 13.8. The lowest BCUT2D eigenvalue weighted by Gasteiger charge is -2.16. The quantitative estimate of drug-likeness (QED) is 0.343. The van der Waals surface area contributed by atoms with E-state index in [1.165, 1.54) is 11.3 Å². The molecule has 2 aromatic heterocycles. The largest absolute Gasteiger partial charge is 0.432 e. The zero-order valence-electron chi connectivity index (χ0n) is 22.3. The van der Waals surface area contributed by atoms with Crippen molar-refractivity contribution in [2.24, 2.45) is 9.98 Å². The van der Waals surface area contributed by atoms with Gasteiger partial charge in [0.15, 0.2) is 17.3 Å². The Morgan fingerprint density at radius 1 is 0.927 bits per heavy atom. The van der Waals surface area contributed by atoms with Crippen molar-refractivity contribution < 1.29 is 32.4 Å². The van der Waals surface area contributed by atoms with E-state index < -0.39 is 23.2 Å². The molecule has 212 valence electrons. The Hall–Kier alpha value is -4.10. The fraction of sp³-hybridized carbons (Fsp3) is 0.357. The number of Topliss-reactive ketones (excluding diaryl/α,β-unsaturated/α-hetero) is 4. The Bertz CT molecular complexity index is 1640. The highest BCUT2D eigenvalue weighted by atomic mass is 32.1. The van der Waals surface area contributed by atoms with Gasteiger partial charge in [-0.05, 0) is 58.1 Å².